The number of carboxylic acids is 1. The van der Waals surface area contributed by atoms with Crippen LogP contribution >= 0.6 is 0 Å². The molecule has 0 N–H and O–H groups in total. The summed E-state index contributed by atoms with van der Waals surface area (Å²) >= 11 is 0. The van der Waals surface area contributed by atoms with Gasteiger partial charge >= 0.3 is 51.4 Å². The molecule has 1 aromatic carbocycles. The summed E-state index contributed by atoms with van der Waals surface area (Å²) in [4.78, 5) is 10.3. The molecule has 1 atom stereocenters. The zero-order valence-electron chi connectivity index (χ0n) is 7.99. The van der Waals surface area contributed by atoms with Crippen molar-refractivity contribution >= 4 is 5.97 Å². The smallest absolute Gasteiger partial charge is 0.550 e. The third-order valence-corrected chi connectivity index (χ3v) is 1.84. The van der Waals surface area contributed by atoms with Crippen LogP contribution < -0.4 is 56.5 Å². The largest absolute Gasteiger partial charge is 1.00 e. The van der Waals surface area contributed by atoms with Gasteiger partial charge in [0.25, 0.3) is 0 Å². The zero-order chi connectivity index (χ0) is 8.97. The van der Waals surface area contributed by atoms with E-state index in [4.69, 9.17) is 0 Å². The van der Waals surface area contributed by atoms with Gasteiger partial charge in [-0.1, -0.05) is 37.3 Å². The average Bonchev–Trinajstić information content (AvgIpc) is 2.05. The van der Waals surface area contributed by atoms with Crippen LogP contribution in [-0.2, 0) is 4.79 Å². The Labute approximate surface area is 121 Å². The third kappa shape index (κ3) is 4.93. The first-order valence-electron chi connectivity index (χ1n) is 3.95. The summed E-state index contributed by atoms with van der Waals surface area (Å²) < 4.78 is 0. The Bertz CT molecular complexity index is 259. The number of hydrogen-bond donors (Lipinski definition) is 0. The number of carbonyl (C=O) groups is 1. The van der Waals surface area contributed by atoms with Crippen molar-refractivity contribution in [2.75, 3.05) is 0 Å². The Morgan fingerprint density at radius 1 is 1.38 bits per heavy atom. The maximum Gasteiger partial charge on any atom is 1.00 e. The van der Waals surface area contributed by atoms with Crippen molar-refractivity contribution in [2.45, 2.75) is 19.3 Å². The molecule has 0 spiro atoms. The molecule has 0 aliphatic rings. The van der Waals surface area contributed by atoms with Crippen LogP contribution in [0.4, 0.5) is 0 Å². The summed E-state index contributed by atoms with van der Waals surface area (Å²) in [7, 11) is 0. The van der Waals surface area contributed by atoms with E-state index in [9.17, 15) is 9.90 Å². The third-order valence-electron chi connectivity index (χ3n) is 1.84. The number of carboxylic acid groups (broad SMARTS) is 1. The van der Waals surface area contributed by atoms with Crippen LogP contribution in [0.15, 0.2) is 30.3 Å². The molecule has 0 radical (unpaired) electrons. The van der Waals surface area contributed by atoms with Crippen LogP contribution in [0, 0.1) is 0 Å². The summed E-state index contributed by atoms with van der Waals surface area (Å²) in [6.07, 6.45) is 0.0873. The number of benzene rings is 1. The van der Waals surface area contributed by atoms with Crippen molar-refractivity contribution in [2.24, 2.45) is 0 Å². The molecular formula is C10H11KO2. The van der Waals surface area contributed by atoms with Crippen LogP contribution in [0.2, 0.25) is 0 Å². The first kappa shape index (κ1) is 13.3. The van der Waals surface area contributed by atoms with E-state index in [1.165, 1.54) is 0 Å². The summed E-state index contributed by atoms with van der Waals surface area (Å²) in [6.45, 7) is 1.88. The summed E-state index contributed by atoms with van der Waals surface area (Å²) in [5.74, 6) is -0.956. The first-order valence-corrected chi connectivity index (χ1v) is 3.95. The van der Waals surface area contributed by atoms with Crippen LogP contribution in [-0.4, -0.2) is 5.97 Å². The van der Waals surface area contributed by atoms with Gasteiger partial charge in [0.2, 0.25) is 0 Å². The van der Waals surface area contributed by atoms with Gasteiger partial charge in [-0.15, -0.1) is 0 Å². The van der Waals surface area contributed by atoms with Gasteiger partial charge in [-0.2, -0.15) is 0 Å². The van der Waals surface area contributed by atoms with Crippen molar-refractivity contribution in [3.05, 3.63) is 35.9 Å². The van der Waals surface area contributed by atoms with Gasteiger partial charge in [0, 0.05) is 5.97 Å². The van der Waals surface area contributed by atoms with Crippen LogP contribution in [0.25, 0.3) is 0 Å². The molecule has 1 aromatic rings. The Morgan fingerprint density at radius 2 is 1.92 bits per heavy atom. The summed E-state index contributed by atoms with van der Waals surface area (Å²) in [5, 5.41) is 10.3. The minimum absolute atomic E-state index is 0. The van der Waals surface area contributed by atoms with E-state index in [-0.39, 0.29) is 63.7 Å². The number of carbonyl (C=O) groups excluding carboxylic acids is 1. The van der Waals surface area contributed by atoms with E-state index in [1.807, 2.05) is 37.3 Å². The molecule has 1 unspecified atom stereocenters. The topological polar surface area (TPSA) is 40.1 Å². The first-order chi connectivity index (χ1) is 5.70. The zero-order valence-corrected chi connectivity index (χ0v) is 11.1. The van der Waals surface area contributed by atoms with Crippen molar-refractivity contribution in [3.63, 3.8) is 0 Å². The fourth-order valence-electron chi connectivity index (χ4n) is 1.15. The molecular weight excluding hydrogens is 191 g/mol. The predicted molar refractivity (Wildman–Crippen MR) is 44.5 cm³/mol. The summed E-state index contributed by atoms with van der Waals surface area (Å²) in [6, 6.07) is 9.57. The fourth-order valence-corrected chi connectivity index (χ4v) is 1.15. The predicted octanol–water partition coefficient (Wildman–Crippen LogP) is -2.07. The van der Waals surface area contributed by atoms with Gasteiger partial charge in [0.1, 0.15) is 0 Å². The number of rotatable bonds is 3. The SMILES string of the molecule is CC(CC(=O)[O-])c1ccccc1.[K+]. The van der Waals surface area contributed by atoms with E-state index in [2.05, 4.69) is 0 Å². The quantitative estimate of drug-likeness (QED) is 0.529. The molecule has 0 aromatic heterocycles. The van der Waals surface area contributed by atoms with E-state index >= 15 is 0 Å². The molecule has 0 heterocycles. The van der Waals surface area contributed by atoms with Crippen LogP contribution in [0.1, 0.15) is 24.8 Å². The molecule has 64 valence electrons. The van der Waals surface area contributed by atoms with Gasteiger partial charge in [-0.25, -0.2) is 0 Å². The molecule has 2 nitrogen and oxygen atoms in total. The second-order valence-corrected chi connectivity index (χ2v) is 2.89. The number of hydrogen-bond acceptors (Lipinski definition) is 2. The maximum absolute atomic E-state index is 10.3. The number of aliphatic carboxylic acids is 1. The van der Waals surface area contributed by atoms with Crippen molar-refractivity contribution in [1.29, 1.82) is 0 Å². The Morgan fingerprint density at radius 3 is 2.38 bits per heavy atom. The van der Waals surface area contributed by atoms with E-state index in [1.54, 1.807) is 0 Å². The van der Waals surface area contributed by atoms with Gasteiger partial charge < -0.3 is 9.90 Å². The molecule has 0 bridgehead atoms. The minimum Gasteiger partial charge on any atom is -0.550 e. The summed E-state index contributed by atoms with van der Waals surface area (Å²) in [5.41, 5.74) is 1.04. The van der Waals surface area contributed by atoms with Gasteiger partial charge in [-0.05, 0) is 17.9 Å². The van der Waals surface area contributed by atoms with Crippen molar-refractivity contribution in [1.82, 2.24) is 0 Å². The molecule has 1 rings (SSSR count). The van der Waals surface area contributed by atoms with Gasteiger partial charge in [0.15, 0.2) is 0 Å². The normalized spacial score (nSPS) is 11.5. The Hall–Kier alpha value is 0.326. The van der Waals surface area contributed by atoms with E-state index < -0.39 is 5.97 Å². The standard InChI is InChI=1S/C10H12O2.K/c1-8(7-10(11)12)9-5-3-2-4-6-9;/h2-6,8H,7H2,1H3,(H,11,12);/q;+1/p-1. The molecule has 13 heavy (non-hydrogen) atoms. The molecule has 0 saturated heterocycles. The Kier molecular flexibility index (Phi) is 6.90. The van der Waals surface area contributed by atoms with Crippen molar-refractivity contribution < 1.29 is 61.3 Å². The van der Waals surface area contributed by atoms with Gasteiger partial charge in [-0.3, -0.25) is 0 Å². The van der Waals surface area contributed by atoms with Crippen LogP contribution in [0.3, 0.4) is 0 Å². The molecule has 3 heteroatoms. The second kappa shape index (κ2) is 6.73. The minimum atomic E-state index is -0.994. The maximum atomic E-state index is 10.3. The van der Waals surface area contributed by atoms with Gasteiger partial charge in [0.05, 0.1) is 0 Å². The average molecular weight is 202 g/mol. The molecule has 0 fully saturated rings. The van der Waals surface area contributed by atoms with Crippen molar-refractivity contribution in [3.8, 4) is 0 Å². The molecule has 0 aliphatic carbocycles. The second-order valence-electron chi connectivity index (χ2n) is 2.89. The van der Waals surface area contributed by atoms with Crippen LogP contribution in [0.5, 0.6) is 0 Å². The Balaban J connectivity index is 0.00000144. The van der Waals surface area contributed by atoms with E-state index in [0.717, 1.165) is 5.56 Å². The fraction of sp³-hybridized carbons (Fsp3) is 0.300. The molecule has 0 saturated carbocycles. The van der Waals surface area contributed by atoms with E-state index in [0.29, 0.717) is 0 Å². The molecule has 0 aliphatic heterocycles. The molecule has 0 amide bonds. The monoisotopic (exact) mass is 202 g/mol.